The first-order valence-corrected chi connectivity index (χ1v) is 7.12. The van der Waals surface area contributed by atoms with E-state index in [4.69, 9.17) is 4.74 Å². The molecule has 21 heavy (non-hydrogen) atoms. The van der Waals surface area contributed by atoms with Gasteiger partial charge in [-0.25, -0.2) is 4.98 Å². The standard InChI is InChI=1S/C16H21N3O2/c1-12(2)13-3-5-15(6-4-13)21-10-16(20)18-8-7-14-9-17-11-19-14/h3-6,9,11-12H,7-8,10H2,1-2H3,(H,17,19)(H,18,20). The summed E-state index contributed by atoms with van der Waals surface area (Å²) < 4.78 is 5.46. The number of amides is 1. The highest BCUT2D eigenvalue weighted by molar-refractivity contribution is 5.77. The van der Waals surface area contributed by atoms with Crippen molar-refractivity contribution in [3.63, 3.8) is 0 Å². The summed E-state index contributed by atoms with van der Waals surface area (Å²) in [5.74, 6) is 1.08. The predicted octanol–water partition coefficient (Wildman–Crippen LogP) is 2.27. The van der Waals surface area contributed by atoms with Crippen LogP contribution in [0.15, 0.2) is 36.8 Å². The van der Waals surface area contributed by atoms with E-state index in [9.17, 15) is 4.79 Å². The molecule has 0 bridgehead atoms. The van der Waals surface area contributed by atoms with Crippen LogP contribution in [0.2, 0.25) is 0 Å². The van der Waals surface area contributed by atoms with E-state index in [1.165, 1.54) is 5.56 Å². The van der Waals surface area contributed by atoms with E-state index >= 15 is 0 Å². The van der Waals surface area contributed by atoms with Gasteiger partial charge in [0.25, 0.3) is 5.91 Å². The molecule has 0 unspecified atom stereocenters. The van der Waals surface area contributed by atoms with Crippen LogP contribution in [0.5, 0.6) is 5.75 Å². The molecular formula is C16H21N3O2. The van der Waals surface area contributed by atoms with Gasteiger partial charge in [0, 0.05) is 24.9 Å². The first kappa shape index (κ1) is 15.1. The van der Waals surface area contributed by atoms with Crippen LogP contribution in [0.4, 0.5) is 0 Å². The number of carbonyl (C=O) groups is 1. The van der Waals surface area contributed by atoms with Gasteiger partial charge in [-0.2, -0.15) is 0 Å². The van der Waals surface area contributed by atoms with E-state index in [0.29, 0.717) is 18.2 Å². The molecule has 5 nitrogen and oxygen atoms in total. The Morgan fingerprint density at radius 1 is 1.33 bits per heavy atom. The van der Waals surface area contributed by atoms with Gasteiger partial charge in [0.05, 0.1) is 6.33 Å². The van der Waals surface area contributed by atoms with Crippen molar-refractivity contribution in [2.24, 2.45) is 0 Å². The van der Waals surface area contributed by atoms with Gasteiger partial charge < -0.3 is 15.0 Å². The molecule has 0 saturated heterocycles. The summed E-state index contributed by atoms with van der Waals surface area (Å²) in [6.07, 6.45) is 4.11. The Labute approximate surface area is 124 Å². The quantitative estimate of drug-likeness (QED) is 0.821. The van der Waals surface area contributed by atoms with Crippen LogP contribution in [0.25, 0.3) is 0 Å². The van der Waals surface area contributed by atoms with Gasteiger partial charge in [-0.3, -0.25) is 4.79 Å². The highest BCUT2D eigenvalue weighted by Gasteiger charge is 2.04. The van der Waals surface area contributed by atoms with Crippen molar-refractivity contribution in [3.8, 4) is 5.75 Å². The van der Waals surface area contributed by atoms with Crippen molar-refractivity contribution in [1.82, 2.24) is 15.3 Å². The van der Waals surface area contributed by atoms with Gasteiger partial charge in [0.15, 0.2) is 6.61 Å². The molecule has 2 rings (SSSR count). The zero-order valence-electron chi connectivity index (χ0n) is 12.4. The van der Waals surface area contributed by atoms with E-state index in [2.05, 4.69) is 29.1 Å². The monoisotopic (exact) mass is 287 g/mol. The molecule has 1 amide bonds. The number of hydrogen-bond acceptors (Lipinski definition) is 3. The Morgan fingerprint density at radius 2 is 2.10 bits per heavy atom. The van der Waals surface area contributed by atoms with Crippen molar-refractivity contribution < 1.29 is 9.53 Å². The number of H-pyrrole nitrogens is 1. The molecule has 0 spiro atoms. The number of rotatable bonds is 7. The van der Waals surface area contributed by atoms with E-state index < -0.39 is 0 Å². The van der Waals surface area contributed by atoms with Gasteiger partial charge in [-0.05, 0) is 23.6 Å². The number of nitrogens with one attached hydrogen (secondary N) is 2. The lowest BCUT2D eigenvalue weighted by Crippen LogP contribution is -2.30. The van der Waals surface area contributed by atoms with Crippen molar-refractivity contribution in [2.45, 2.75) is 26.2 Å². The van der Waals surface area contributed by atoms with Crippen LogP contribution in [-0.2, 0) is 11.2 Å². The van der Waals surface area contributed by atoms with Crippen LogP contribution < -0.4 is 10.1 Å². The zero-order valence-corrected chi connectivity index (χ0v) is 12.4. The zero-order chi connectivity index (χ0) is 15.1. The molecule has 2 aromatic rings. The SMILES string of the molecule is CC(C)c1ccc(OCC(=O)NCCc2cnc[nH]2)cc1. The number of ether oxygens (including phenoxy) is 1. The largest absolute Gasteiger partial charge is 0.484 e. The lowest BCUT2D eigenvalue weighted by molar-refractivity contribution is -0.123. The lowest BCUT2D eigenvalue weighted by atomic mass is 10.0. The molecule has 5 heteroatoms. The third kappa shape index (κ3) is 4.95. The number of aromatic amines is 1. The lowest BCUT2D eigenvalue weighted by Gasteiger charge is -2.09. The number of benzene rings is 1. The Balaban J connectivity index is 1.68. The fraction of sp³-hybridized carbons (Fsp3) is 0.375. The average Bonchev–Trinajstić information content (AvgIpc) is 2.99. The summed E-state index contributed by atoms with van der Waals surface area (Å²) in [5.41, 5.74) is 2.26. The Kier molecular flexibility index (Phi) is 5.37. The third-order valence-corrected chi connectivity index (χ3v) is 3.19. The summed E-state index contributed by atoms with van der Waals surface area (Å²) in [6.45, 7) is 4.88. The van der Waals surface area contributed by atoms with Gasteiger partial charge in [-0.15, -0.1) is 0 Å². The second-order valence-electron chi connectivity index (χ2n) is 5.19. The maximum absolute atomic E-state index is 11.7. The van der Waals surface area contributed by atoms with Crippen LogP contribution in [0.3, 0.4) is 0 Å². The molecule has 0 radical (unpaired) electrons. The van der Waals surface area contributed by atoms with Gasteiger partial charge in [-0.1, -0.05) is 26.0 Å². The second kappa shape index (κ2) is 7.47. The average molecular weight is 287 g/mol. The fourth-order valence-electron chi connectivity index (χ4n) is 1.91. The second-order valence-corrected chi connectivity index (χ2v) is 5.19. The first-order valence-electron chi connectivity index (χ1n) is 7.12. The van der Waals surface area contributed by atoms with Crippen LogP contribution in [0.1, 0.15) is 31.0 Å². The Hall–Kier alpha value is -2.30. The predicted molar refractivity (Wildman–Crippen MR) is 81.3 cm³/mol. The number of nitrogens with zero attached hydrogens (tertiary/aromatic N) is 1. The molecule has 0 atom stereocenters. The van der Waals surface area contributed by atoms with E-state index in [1.807, 2.05) is 24.3 Å². The van der Waals surface area contributed by atoms with Crippen LogP contribution in [0, 0.1) is 0 Å². The normalized spacial score (nSPS) is 10.6. The summed E-state index contributed by atoms with van der Waals surface area (Å²) in [7, 11) is 0. The molecule has 1 heterocycles. The molecule has 0 aliphatic rings. The Bertz CT molecular complexity index is 547. The van der Waals surface area contributed by atoms with Gasteiger partial charge >= 0.3 is 0 Å². The molecule has 0 fully saturated rings. The van der Waals surface area contributed by atoms with Crippen LogP contribution in [-0.4, -0.2) is 29.0 Å². The first-order chi connectivity index (χ1) is 10.1. The highest BCUT2D eigenvalue weighted by atomic mass is 16.5. The van der Waals surface area contributed by atoms with E-state index in [-0.39, 0.29) is 12.5 Å². The highest BCUT2D eigenvalue weighted by Crippen LogP contribution is 2.18. The van der Waals surface area contributed by atoms with E-state index in [0.717, 1.165) is 12.1 Å². The van der Waals surface area contributed by atoms with E-state index in [1.54, 1.807) is 12.5 Å². The van der Waals surface area contributed by atoms with Crippen molar-refractivity contribution in [3.05, 3.63) is 48.0 Å². The Morgan fingerprint density at radius 3 is 2.71 bits per heavy atom. The third-order valence-electron chi connectivity index (χ3n) is 3.19. The van der Waals surface area contributed by atoms with Crippen molar-refractivity contribution in [1.29, 1.82) is 0 Å². The number of carbonyl (C=O) groups excluding carboxylic acids is 1. The summed E-state index contributed by atoms with van der Waals surface area (Å²) >= 11 is 0. The number of imidazole rings is 1. The maximum atomic E-state index is 11.7. The fourth-order valence-corrected chi connectivity index (χ4v) is 1.91. The molecule has 0 aliphatic heterocycles. The minimum Gasteiger partial charge on any atom is -0.484 e. The van der Waals surface area contributed by atoms with Crippen LogP contribution >= 0.6 is 0 Å². The molecule has 112 valence electrons. The minimum absolute atomic E-state index is 0.0317. The molecule has 1 aromatic carbocycles. The molecule has 1 aromatic heterocycles. The maximum Gasteiger partial charge on any atom is 0.257 e. The van der Waals surface area contributed by atoms with Gasteiger partial charge in [0.2, 0.25) is 0 Å². The summed E-state index contributed by atoms with van der Waals surface area (Å²) in [4.78, 5) is 18.6. The summed E-state index contributed by atoms with van der Waals surface area (Å²) in [5, 5.41) is 2.81. The minimum atomic E-state index is -0.123. The molecule has 0 saturated carbocycles. The molecule has 0 aliphatic carbocycles. The number of hydrogen-bond donors (Lipinski definition) is 2. The molecule has 2 N–H and O–H groups in total. The number of aromatic nitrogens is 2. The molecular weight excluding hydrogens is 266 g/mol. The van der Waals surface area contributed by atoms with Crippen molar-refractivity contribution in [2.75, 3.05) is 13.2 Å². The smallest absolute Gasteiger partial charge is 0.257 e. The topological polar surface area (TPSA) is 67.0 Å². The summed E-state index contributed by atoms with van der Waals surface area (Å²) in [6, 6.07) is 7.84. The van der Waals surface area contributed by atoms with Gasteiger partial charge in [0.1, 0.15) is 5.75 Å². The van der Waals surface area contributed by atoms with Crippen molar-refractivity contribution >= 4 is 5.91 Å².